The average molecular weight is 186 g/mol. The van der Waals surface area contributed by atoms with E-state index in [1.807, 2.05) is 24.3 Å². The predicted molar refractivity (Wildman–Crippen MR) is 53.4 cm³/mol. The standard InChI is InChI=1S/C11H10N2O/c14-11-8-4-2-1-3-7(8)10-9(11)5-6-12-13-10/h1-4,12-13H,5-6H2. The summed E-state index contributed by atoms with van der Waals surface area (Å²) in [4.78, 5) is 11.9. The fourth-order valence-electron chi connectivity index (χ4n) is 2.06. The highest BCUT2D eigenvalue weighted by atomic mass is 16.1. The van der Waals surface area contributed by atoms with Gasteiger partial charge in [0.2, 0.25) is 0 Å². The topological polar surface area (TPSA) is 41.1 Å². The number of nitrogens with one attached hydrogen (secondary N) is 2. The molecule has 0 aromatic heterocycles. The van der Waals surface area contributed by atoms with Crippen LogP contribution in [0.3, 0.4) is 0 Å². The summed E-state index contributed by atoms with van der Waals surface area (Å²) in [6.07, 6.45) is 0.815. The van der Waals surface area contributed by atoms with Crippen molar-refractivity contribution in [3.63, 3.8) is 0 Å². The Labute approximate surface area is 81.8 Å². The van der Waals surface area contributed by atoms with Gasteiger partial charge in [0, 0.05) is 23.2 Å². The molecule has 1 aromatic rings. The number of hydrogen-bond donors (Lipinski definition) is 2. The maximum atomic E-state index is 11.9. The van der Waals surface area contributed by atoms with Crippen LogP contribution in [0.1, 0.15) is 22.3 Å². The van der Waals surface area contributed by atoms with Gasteiger partial charge in [-0.25, -0.2) is 5.43 Å². The van der Waals surface area contributed by atoms with E-state index in [1.165, 1.54) is 0 Å². The summed E-state index contributed by atoms with van der Waals surface area (Å²) in [7, 11) is 0. The van der Waals surface area contributed by atoms with Gasteiger partial charge >= 0.3 is 0 Å². The minimum absolute atomic E-state index is 0.185. The third-order valence-corrected chi connectivity index (χ3v) is 2.73. The lowest BCUT2D eigenvalue weighted by molar-refractivity contribution is 0.103. The van der Waals surface area contributed by atoms with Gasteiger partial charge in [0.25, 0.3) is 0 Å². The molecule has 0 unspecified atom stereocenters. The van der Waals surface area contributed by atoms with Gasteiger partial charge in [0.1, 0.15) is 0 Å². The van der Waals surface area contributed by atoms with Crippen molar-refractivity contribution in [3.05, 3.63) is 41.0 Å². The smallest absolute Gasteiger partial charge is 0.191 e. The number of carbonyl (C=O) groups is 1. The molecule has 3 nitrogen and oxygen atoms in total. The first-order chi connectivity index (χ1) is 6.88. The van der Waals surface area contributed by atoms with Gasteiger partial charge in [-0.05, 0) is 6.42 Å². The van der Waals surface area contributed by atoms with Gasteiger partial charge in [0.05, 0.1) is 5.70 Å². The SMILES string of the molecule is O=C1C2=C(NNCC2)c2ccccc21. The van der Waals surface area contributed by atoms with Gasteiger partial charge < -0.3 is 5.43 Å². The molecule has 1 aromatic carbocycles. The highest BCUT2D eigenvalue weighted by Crippen LogP contribution is 2.33. The number of rotatable bonds is 0. The number of ketones is 1. The first-order valence-corrected chi connectivity index (χ1v) is 4.74. The molecule has 0 fully saturated rings. The second kappa shape index (κ2) is 2.69. The Morgan fingerprint density at radius 1 is 1.14 bits per heavy atom. The average Bonchev–Trinajstić information content (AvgIpc) is 2.55. The van der Waals surface area contributed by atoms with Crippen LogP contribution in [0.15, 0.2) is 29.8 Å². The minimum Gasteiger partial charge on any atom is -0.320 e. The van der Waals surface area contributed by atoms with Crippen molar-refractivity contribution in [3.8, 4) is 0 Å². The van der Waals surface area contributed by atoms with Gasteiger partial charge in [-0.1, -0.05) is 24.3 Å². The Morgan fingerprint density at radius 2 is 1.93 bits per heavy atom. The second-order valence-corrected chi connectivity index (χ2v) is 3.53. The molecule has 1 aliphatic carbocycles. The number of Topliss-reactive ketones (excluding diaryl/α,β-unsaturated/α-hetero) is 1. The van der Waals surface area contributed by atoms with Crippen LogP contribution in [0.25, 0.3) is 5.70 Å². The number of carbonyl (C=O) groups excluding carboxylic acids is 1. The fourth-order valence-corrected chi connectivity index (χ4v) is 2.06. The number of fused-ring (bicyclic) bond motifs is 2. The van der Waals surface area contributed by atoms with E-state index in [2.05, 4.69) is 10.9 Å². The fraction of sp³-hybridized carbons (Fsp3) is 0.182. The van der Waals surface area contributed by atoms with Crippen LogP contribution in [-0.2, 0) is 0 Å². The van der Waals surface area contributed by atoms with E-state index in [1.54, 1.807) is 0 Å². The Hall–Kier alpha value is -1.61. The van der Waals surface area contributed by atoms with Gasteiger partial charge in [-0.3, -0.25) is 4.79 Å². The van der Waals surface area contributed by atoms with Crippen LogP contribution in [0.4, 0.5) is 0 Å². The zero-order valence-electron chi connectivity index (χ0n) is 7.63. The molecule has 0 amide bonds. The molecule has 2 aliphatic rings. The highest BCUT2D eigenvalue weighted by molar-refractivity contribution is 6.20. The molecule has 0 spiro atoms. The molecule has 70 valence electrons. The summed E-state index contributed by atoms with van der Waals surface area (Å²) in [6, 6.07) is 7.73. The normalized spacial score (nSPS) is 19.0. The first-order valence-electron chi connectivity index (χ1n) is 4.74. The van der Waals surface area contributed by atoms with E-state index in [-0.39, 0.29) is 5.78 Å². The molecule has 0 atom stereocenters. The van der Waals surface area contributed by atoms with Crippen molar-refractivity contribution in [2.75, 3.05) is 6.54 Å². The highest BCUT2D eigenvalue weighted by Gasteiger charge is 2.30. The van der Waals surface area contributed by atoms with E-state index >= 15 is 0 Å². The third kappa shape index (κ3) is 0.873. The van der Waals surface area contributed by atoms with E-state index in [0.717, 1.165) is 35.4 Å². The van der Waals surface area contributed by atoms with Crippen LogP contribution in [-0.4, -0.2) is 12.3 Å². The summed E-state index contributed by atoms with van der Waals surface area (Å²) >= 11 is 0. The lowest BCUT2D eigenvalue weighted by Crippen LogP contribution is -2.35. The van der Waals surface area contributed by atoms with Crippen molar-refractivity contribution in [1.29, 1.82) is 0 Å². The van der Waals surface area contributed by atoms with Crippen molar-refractivity contribution < 1.29 is 4.79 Å². The summed E-state index contributed by atoms with van der Waals surface area (Å²) in [5, 5.41) is 0. The van der Waals surface area contributed by atoms with Crippen LogP contribution in [0.5, 0.6) is 0 Å². The molecular weight excluding hydrogens is 176 g/mol. The van der Waals surface area contributed by atoms with E-state index in [0.29, 0.717) is 0 Å². The molecule has 1 aliphatic heterocycles. The van der Waals surface area contributed by atoms with E-state index in [9.17, 15) is 4.79 Å². The molecule has 14 heavy (non-hydrogen) atoms. The summed E-state index contributed by atoms with van der Waals surface area (Å²) < 4.78 is 0. The molecular formula is C11H10N2O. The summed E-state index contributed by atoms with van der Waals surface area (Å²) in [5.74, 6) is 0.185. The predicted octanol–water partition coefficient (Wildman–Crippen LogP) is 1.09. The van der Waals surface area contributed by atoms with Gasteiger partial charge in [-0.15, -0.1) is 0 Å². The van der Waals surface area contributed by atoms with Gasteiger partial charge in [-0.2, -0.15) is 0 Å². The zero-order valence-corrected chi connectivity index (χ0v) is 7.63. The summed E-state index contributed by atoms with van der Waals surface area (Å²) in [6.45, 7) is 0.818. The Kier molecular flexibility index (Phi) is 1.49. The molecule has 2 N–H and O–H groups in total. The Bertz CT molecular complexity index is 448. The quantitative estimate of drug-likeness (QED) is 0.637. The van der Waals surface area contributed by atoms with Crippen molar-refractivity contribution in [1.82, 2.24) is 10.9 Å². The maximum absolute atomic E-state index is 11.9. The maximum Gasteiger partial charge on any atom is 0.191 e. The monoisotopic (exact) mass is 186 g/mol. The number of hydrogen-bond acceptors (Lipinski definition) is 3. The van der Waals surface area contributed by atoms with Crippen LogP contribution in [0.2, 0.25) is 0 Å². The van der Waals surface area contributed by atoms with E-state index in [4.69, 9.17) is 0 Å². The third-order valence-electron chi connectivity index (χ3n) is 2.73. The Balaban J connectivity index is 2.23. The minimum atomic E-state index is 0.185. The second-order valence-electron chi connectivity index (χ2n) is 3.53. The van der Waals surface area contributed by atoms with Crippen molar-refractivity contribution >= 4 is 11.5 Å². The van der Waals surface area contributed by atoms with Crippen molar-refractivity contribution in [2.24, 2.45) is 0 Å². The molecule has 0 saturated heterocycles. The molecule has 0 saturated carbocycles. The molecule has 0 radical (unpaired) electrons. The molecule has 3 heteroatoms. The van der Waals surface area contributed by atoms with Gasteiger partial charge in [0.15, 0.2) is 5.78 Å². The molecule has 1 heterocycles. The lowest BCUT2D eigenvalue weighted by Gasteiger charge is -2.16. The zero-order chi connectivity index (χ0) is 9.54. The first kappa shape index (κ1) is 7.76. The van der Waals surface area contributed by atoms with Crippen LogP contribution in [0, 0.1) is 0 Å². The van der Waals surface area contributed by atoms with Crippen LogP contribution >= 0.6 is 0 Å². The lowest BCUT2D eigenvalue weighted by atomic mass is 10.1. The summed E-state index contributed by atoms with van der Waals surface area (Å²) in [5.41, 5.74) is 9.88. The molecule has 0 bridgehead atoms. The number of benzene rings is 1. The van der Waals surface area contributed by atoms with Crippen LogP contribution < -0.4 is 10.9 Å². The number of hydrazine groups is 1. The largest absolute Gasteiger partial charge is 0.320 e. The Morgan fingerprint density at radius 3 is 2.79 bits per heavy atom. The van der Waals surface area contributed by atoms with E-state index < -0.39 is 0 Å². The van der Waals surface area contributed by atoms with Crippen molar-refractivity contribution in [2.45, 2.75) is 6.42 Å². The molecule has 3 rings (SSSR count).